The first kappa shape index (κ1) is 31.5. The Bertz CT molecular complexity index is 2620. The normalized spacial score (nSPS) is 14.3. The SMILES string of the molecule is CC1(C)c2ccccc2-c2ccc(N(c3ccc4c(c3)C(C)(C)c3ccccc3-4)c3ccc(-c4ccccc4)cc3-c3cccc4ccccc34)cc21. The van der Waals surface area contributed by atoms with Gasteiger partial charge in [0, 0.05) is 27.8 Å². The zero-order valence-corrected chi connectivity index (χ0v) is 30.7. The third-order valence-corrected chi connectivity index (χ3v) is 12.1. The second kappa shape index (κ2) is 11.7. The van der Waals surface area contributed by atoms with Crippen molar-refractivity contribution in [1.82, 2.24) is 0 Å². The molecular weight excluding hydrogens is 639 g/mol. The molecule has 2 aliphatic rings. The number of fused-ring (bicyclic) bond motifs is 7. The van der Waals surface area contributed by atoms with Gasteiger partial charge in [-0.2, -0.15) is 0 Å². The molecule has 0 N–H and O–H groups in total. The van der Waals surface area contributed by atoms with Crippen molar-refractivity contribution in [3.63, 3.8) is 0 Å². The maximum absolute atomic E-state index is 2.52. The highest BCUT2D eigenvalue weighted by Gasteiger charge is 2.38. The number of hydrogen-bond donors (Lipinski definition) is 0. The molecule has 53 heavy (non-hydrogen) atoms. The molecule has 0 fully saturated rings. The molecule has 10 rings (SSSR count). The van der Waals surface area contributed by atoms with Gasteiger partial charge in [-0.05, 0) is 108 Å². The number of anilines is 3. The number of nitrogens with zero attached hydrogens (tertiary/aromatic N) is 1. The minimum Gasteiger partial charge on any atom is -0.310 e. The van der Waals surface area contributed by atoms with E-state index in [2.05, 4.69) is 209 Å². The summed E-state index contributed by atoms with van der Waals surface area (Å²) in [7, 11) is 0. The lowest BCUT2D eigenvalue weighted by Crippen LogP contribution is -2.18. The van der Waals surface area contributed by atoms with Crippen LogP contribution in [0.2, 0.25) is 0 Å². The fraction of sp³-hybridized carbons (Fsp3) is 0.115. The maximum Gasteiger partial charge on any atom is 0.0540 e. The largest absolute Gasteiger partial charge is 0.310 e. The molecule has 0 spiro atoms. The van der Waals surface area contributed by atoms with Gasteiger partial charge in [0.15, 0.2) is 0 Å². The molecule has 0 saturated heterocycles. The topological polar surface area (TPSA) is 3.24 Å². The van der Waals surface area contributed by atoms with Crippen molar-refractivity contribution < 1.29 is 0 Å². The van der Waals surface area contributed by atoms with Crippen LogP contribution >= 0.6 is 0 Å². The van der Waals surface area contributed by atoms with Gasteiger partial charge in [0.05, 0.1) is 5.69 Å². The molecule has 0 atom stereocenters. The Morgan fingerprint density at radius 1 is 0.340 bits per heavy atom. The third-order valence-electron chi connectivity index (χ3n) is 12.1. The Morgan fingerprint density at radius 3 is 1.49 bits per heavy atom. The summed E-state index contributed by atoms with van der Waals surface area (Å²) in [5, 5.41) is 2.49. The van der Waals surface area contributed by atoms with Crippen molar-refractivity contribution in [2.75, 3.05) is 4.90 Å². The highest BCUT2D eigenvalue weighted by atomic mass is 15.1. The standard InChI is InChI=1S/C52H41N/c1-51(2)46-23-12-10-20-41(46)43-28-26-37(32-48(43)51)53(38-27-29-44-42-21-11-13-24-47(42)52(3,4)49(44)33-38)50-30-25-36(34-15-6-5-7-16-34)31-45(50)40-22-14-18-35-17-8-9-19-39(35)40/h5-33H,1-4H3. The van der Waals surface area contributed by atoms with E-state index in [1.54, 1.807) is 0 Å². The third kappa shape index (κ3) is 4.77. The van der Waals surface area contributed by atoms with Crippen molar-refractivity contribution in [2.24, 2.45) is 0 Å². The van der Waals surface area contributed by atoms with E-state index in [4.69, 9.17) is 0 Å². The van der Waals surface area contributed by atoms with Crippen LogP contribution in [-0.2, 0) is 10.8 Å². The number of hydrogen-bond acceptors (Lipinski definition) is 1. The minimum absolute atomic E-state index is 0.120. The quantitative estimate of drug-likeness (QED) is 0.175. The lowest BCUT2D eigenvalue weighted by molar-refractivity contribution is 0.660. The molecular formula is C52H41N. The van der Waals surface area contributed by atoms with Crippen LogP contribution in [0.1, 0.15) is 49.9 Å². The summed E-state index contributed by atoms with van der Waals surface area (Å²) in [5.74, 6) is 0. The van der Waals surface area contributed by atoms with Crippen LogP contribution in [0, 0.1) is 0 Å². The van der Waals surface area contributed by atoms with E-state index in [9.17, 15) is 0 Å². The molecule has 0 aliphatic heterocycles. The maximum atomic E-state index is 2.52. The van der Waals surface area contributed by atoms with Gasteiger partial charge in [-0.15, -0.1) is 0 Å². The number of benzene rings is 8. The van der Waals surface area contributed by atoms with Crippen LogP contribution in [-0.4, -0.2) is 0 Å². The Hall–Kier alpha value is -6.18. The molecule has 0 radical (unpaired) electrons. The van der Waals surface area contributed by atoms with Crippen LogP contribution in [0.3, 0.4) is 0 Å². The second-order valence-electron chi connectivity index (χ2n) is 15.8. The van der Waals surface area contributed by atoms with Crippen molar-refractivity contribution in [2.45, 2.75) is 38.5 Å². The molecule has 1 heteroatoms. The average Bonchev–Trinajstić information content (AvgIpc) is 3.57. The van der Waals surface area contributed by atoms with Gasteiger partial charge in [-0.25, -0.2) is 0 Å². The zero-order chi connectivity index (χ0) is 35.9. The Kier molecular flexibility index (Phi) is 6.94. The summed E-state index contributed by atoms with van der Waals surface area (Å²) in [5.41, 5.74) is 18.9. The molecule has 2 aliphatic carbocycles. The molecule has 0 heterocycles. The van der Waals surface area contributed by atoms with Gasteiger partial charge < -0.3 is 4.90 Å². The molecule has 0 unspecified atom stereocenters. The Labute approximate surface area is 312 Å². The highest BCUT2D eigenvalue weighted by Crippen LogP contribution is 2.54. The van der Waals surface area contributed by atoms with Crippen LogP contribution in [0.15, 0.2) is 176 Å². The van der Waals surface area contributed by atoms with E-state index in [1.165, 1.54) is 77.5 Å². The lowest BCUT2D eigenvalue weighted by atomic mass is 9.82. The fourth-order valence-corrected chi connectivity index (χ4v) is 9.31. The van der Waals surface area contributed by atoms with Crippen LogP contribution in [0.5, 0.6) is 0 Å². The monoisotopic (exact) mass is 679 g/mol. The first-order valence-electron chi connectivity index (χ1n) is 18.8. The fourth-order valence-electron chi connectivity index (χ4n) is 9.31. The molecule has 0 amide bonds. The van der Waals surface area contributed by atoms with Gasteiger partial charge in [0.1, 0.15) is 0 Å². The van der Waals surface area contributed by atoms with Gasteiger partial charge in [0.25, 0.3) is 0 Å². The summed E-state index contributed by atoms with van der Waals surface area (Å²) in [6.45, 7) is 9.49. The minimum atomic E-state index is -0.120. The van der Waals surface area contributed by atoms with E-state index in [1.807, 2.05) is 0 Å². The van der Waals surface area contributed by atoms with E-state index >= 15 is 0 Å². The first-order chi connectivity index (χ1) is 25.8. The zero-order valence-electron chi connectivity index (χ0n) is 30.7. The summed E-state index contributed by atoms with van der Waals surface area (Å²) in [6.07, 6.45) is 0. The second-order valence-corrected chi connectivity index (χ2v) is 15.8. The van der Waals surface area contributed by atoms with Crippen LogP contribution in [0.4, 0.5) is 17.1 Å². The van der Waals surface area contributed by atoms with E-state index in [-0.39, 0.29) is 10.8 Å². The van der Waals surface area contributed by atoms with Crippen molar-refractivity contribution >= 4 is 27.8 Å². The molecule has 0 aromatic heterocycles. The van der Waals surface area contributed by atoms with E-state index in [0.717, 1.165) is 17.1 Å². The van der Waals surface area contributed by atoms with E-state index in [0.29, 0.717) is 0 Å². The van der Waals surface area contributed by atoms with Gasteiger partial charge in [-0.1, -0.05) is 167 Å². The molecule has 0 saturated carbocycles. The van der Waals surface area contributed by atoms with Crippen molar-refractivity contribution in [3.8, 4) is 44.5 Å². The predicted octanol–water partition coefficient (Wildman–Crippen LogP) is 14.3. The van der Waals surface area contributed by atoms with Crippen LogP contribution < -0.4 is 4.90 Å². The molecule has 1 nitrogen and oxygen atoms in total. The van der Waals surface area contributed by atoms with Crippen LogP contribution in [0.25, 0.3) is 55.3 Å². The van der Waals surface area contributed by atoms with E-state index < -0.39 is 0 Å². The highest BCUT2D eigenvalue weighted by molar-refractivity contribution is 6.03. The summed E-state index contributed by atoms with van der Waals surface area (Å²) in [6, 6.07) is 65.4. The summed E-state index contributed by atoms with van der Waals surface area (Å²) in [4.78, 5) is 2.52. The van der Waals surface area contributed by atoms with Gasteiger partial charge in [-0.3, -0.25) is 0 Å². The number of rotatable bonds is 5. The molecule has 8 aromatic carbocycles. The predicted molar refractivity (Wildman–Crippen MR) is 225 cm³/mol. The average molecular weight is 680 g/mol. The summed E-state index contributed by atoms with van der Waals surface area (Å²) >= 11 is 0. The summed E-state index contributed by atoms with van der Waals surface area (Å²) < 4.78 is 0. The smallest absolute Gasteiger partial charge is 0.0540 e. The Morgan fingerprint density at radius 2 is 0.849 bits per heavy atom. The molecule has 8 aromatic rings. The molecule has 254 valence electrons. The Balaban J connectivity index is 1.25. The van der Waals surface area contributed by atoms with Crippen molar-refractivity contribution in [1.29, 1.82) is 0 Å². The first-order valence-corrected chi connectivity index (χ1v) is 18.8. The van der Waals surface area contributed by atoms with Gasteiger partial charge in [0.2, 0.25) is 0 Å². The molecule has 0 bridgehead atoms. The van der Waals surface area contributed by atoms with Crippen molar-refractivity contribution in [3.05, 3.63) is 198 Å². The van der Waals surface area contributed by atoms with Gasteiger partial charge >= 0.3 is 0 Å². The lowest BCUT2D eigenvalue weighted by Gasteiger charge is -2.31.